The Morgan fingerprint density at radius 1 is 1.33 bits per heavy atom. The molecule has 0 atom stereocenters. The van der Waals surface area contributed by atoms with Crippen LogP contribution in [0.25, 0.3) is 0 Å². The second kappa shape index (κ2) is 6.99. The van der Waals surface area contributed by atoms with Gasteiger partial charge in [-0.25, -0.2) is 20.2 Å². The van der Waals surface area contributed by atoms with Gasteiger partial charge in [-0.05, 0) is 24.1 Å². The van der Waals surface area contributed by atoms with Crippen LogP contribution in [-0.4, -0.2) is 17.0 Å². The quantitative estimate of drug-likeness (QED) is 0.632. The zero-order chi connectivity index (χ0) is 15.2. The summed E-state index contributed by atoms with van der Waals surface area (Å²) in [5.74, 6) is 6.72. The molecule has 0 aliphatic rings. The molecule has 1 aromatic heterocycles. The van der Waals surface area contributed by atoms with Gasteiger partial charge in [0, 0.05) is 19.2 Å². The molecule has 1 heterocycles. The van der Waals surface area contributed by atoms with Crippen molar-refractivity contribution >= 4 is 11.6 Å². The van der Waals surface area contributed by atoms with E-state index in [1.54, 1.807) is 6.07 Å². The first kappa shape index (κ1) is 15.2. The van der Waals surface area contributed by atoms with Gasteiger partial charge >= 0.3 is 0 Å². The average molecular weight is 289 g/mol. The maximum absolute atomic E-state index is 13.3. The van der Waals surface area contributed by atoms with Gasteiger partial charge in [-0.2, -0.15) is 0 Å². The first-order valence-corrected chi connectivity index (χ1v) is 6.91. The second-order valence-electron chi connectivity index (χ2n) is 4.90. The van der Waals surface area contributed by atoms with E-state index in [9.17, 15) is 4.39 Å². The summed E-state index contributed by atoms with van der Waals surface area (Å²) in [4.78, 5) is 10.5. The van der Waals surface area contributed by atoms with Crippen LogP contribution in [0, 0.1) is 5.82 Å². The number of halogens is 1. The number of anilines is 2. The number of rotatable bonds is 6. The van der Waals surface area contributed by atoms with Crippen LogP contribution < -0.4 is 16.2 Å². The molecule has 6 heteroatoms. The van der Waals surface area contributed by atoms with E-state index < -0.39 is 0 Å². The van der Waals surface area contributed by atoms with Gasteiger partial charge in [0.2, 0.25) is 0 Å². The van der Waals surface area contributed by atoms with E-state index in [-0.39, 0.29) is 5.82 Å². The van der Waals surface area contributed by atoms with Crippen molar-refractivity contribution < 1.29 is 4.39 Å². The Balaban J connectivity index is 2.28. The predicted molar refractivity (Wildman–Crippen MR) is 82.3 cm³/mol. The van der Waals surface area contributed by atoms with Crippen LogP contribution in [0.2, 0.25) is 0 Å². The van der Waals surface area contributed by atoms with Crippen LogP contribution in [0.3, 0.4) is 0 Å². The molecule has 0 spiro atoms. The summed E-state index contributed by atoms with van der Waals surface area (Å²) in [6.07, 6.45) is 3.26. The first-order chi connectivity index (χ1) is 10.2. The van der Waals surface area contributed by atoms with Gasteiger partial charge in [-0.15, -0.1) is 0 Å². The number of hydrogen-bond donors (Lipinski definition) is 2. The molecule has 0 unspecified atom stereocenters. The van der Waals surface area contributed by atoms with Crippen molar-refractivity contribution in [2.24, 2.45) is 5.84 Å². The largest absolute Gasteiger partial charge is 0.355 e. The fraction of sp³-hybridized carbons (Fsp3) is 0.333. The lowest BCUT2D eigenvalue weighted by Gasteiger charge is -2.22. The highest BCUT2D eigenvalue weighted by molar-refractivity contribution is 5.58. The lowest BCUT2D eigenvalue weighted by Crippen LogP contribution is -2.22. The van der Waals surface area contributed by atoms with Crippen LogP contribution in [-0.2, 0) is 13.0 Å². The minimum atomic E-state index is -0.235. The van der Waals surface area contributed by atoms with Crippen LogP contribution in [0.4, 0.5) is 16.0 Å². The Bertz CT molecular complexity index is 602. The number of hydrazine groups is 1. The van der Waals surface area contributed by atoms with E-state index in [4.69, 9.17) is 5.84 Å². The Morgan fingerprint density at radius 2 is 2.14 bits per heavy atom. The smallest absolute Gasteiger partial charge is 0.148 e. The van der Waals surface area contributed by atoms with Crippen LogP contribution in [0.1, 0.15) is 24.5 Å². The zero-order valence-electron chi connectivity index (χ0n) is 12.3. The monoisotopic (exact) mass is 289 g/mol. The minimum Gasteiger partial charge on any atom is -0.355 e. The molecule has 0 saturated heterocycles. The summed E-state index contributed by atoms with van der Waals surface area (Å²) in [7, 11) is 1.92. The minimum absolute atomic E-state index is 0.235. The van der Waals surface area contributed by atoms with Crippen molar-refractivity contribution in [1.82, 2.24) is 9.97 Å². The zero-order valence-corrected chi connectivity index (χ0v) is 12.3. The molecular weight excluding hydrogens is 269 g/mol. The summed E-state index contributed by atoms with van der Waals surface area (Å²) < 4.78 is 13.3. The van der Waals surface area contributed by atoms with E-state index in [1.165, 1.54) is 18.5 Å². The van der Waals surface area contributed by atoms with Gasteiger partial charge in [0.15, 0.2) is 0 Å². The fourth-order valence-electron chi connectivity index (χ4n) is 2.32. The highest BCUT2D eigenvalue weighted by Crippen LogP contribution is 2.24. The summed E-state index contributed by atoms with van der Waals surface area (Å²) in [5, 5.41) is 0. The van der Waals surface area contributed by atoms with Crippen molar-refractivity contribution in [3.05, 3.63) is 47.5 Å². The molecule has 3 N–H and O–H groups in total. The molecule has 0 saturated carbocycles. The van der Waals surface area contributed by atoms with Crippen LogP contribution >= 0.6 is 0 Å². The molecule has 112 valence electrons. The number of nitrogens with two attached hydrogens (primary N) is 1. The van der Waals surface area contributed by atoms with Gasteiger partial charge in [-0.1, -0.05) is 25.5 Å². The molecule has 0 fully saturated rings. The third-order valence-electron chi connectivity index (χ3n) is 3.23. The van der Waals surface area contributed by atoms with Gasteiger partial charge in [0.1, 0.15) is 23.8 Å². The Kier molecular flexibility index (Phi) is 5.05. The molecule has 21 heavy (non-hydrogen) atoms. The fourth-order valence-corrected chi connectivity index (χ4v) is 2.32. The number of hydrogen-bond acceptors (Lipinski definition) is 5. The van der Waals surface area contributed by atoms with Gasteiger partial charge in [-0.3, -0.25) is 0 Å². The topological polar surface area (TPSA) is 67.1 Å². The summed E-state index contributed by atoms with van der Waals surface area (Å²) in [5.41, 5.74) is 4.47. The lowest BCUT2D eigenvalue weighted by molar-refractivity contribution is 0.625. The molecule has 0 amide bonds. The Morgan fingerprint density at radius 3 is 2.81 bits per heavy atom. The molecule has 0 aliphatic carbocycles. The van der Waals surface area contributed by atoms with E-state index in [0.717, 1.165) is 29.8 Å². The van der Waals surface area contributed by atoms with Crippen LogP contribution in [0.5, 0.6) is 0 Å². The molecule has 0 radical (unpaired) electrons. The molecule has 5 nitrogen and oxygen atoms in total. The van der Waals surface area contributed by atoms with Crippen molar-refractivity contribution in [3.63, 3.8) is 0 Å². The summed E-state index contributed by atoms with van der Waals surface area (Å²) in [6.45, 7) is 2.65. The SMILES string of the molecule is CCCc1c(NN)ncnc1N(C)Cc1cccc(F)c1. The third-order valence-corrected chi connectivity index (χ3v) is 3.23. The second-order valence-corrected chi connectivity index (χ2v) is 4.90. The number of nitrogen functional groups attached to an aromatic ring is 1. The van der Waals surface area contributed by atoms with Crippen molar-refractivity contribution in [2.45, 2.75) is 26.3 Å². The molecular formula is C15H20FN5. The van der Waals surface area contributed by atoms with Gasteiger partial charge in [0.05, 0.1) is 0 Å². The number of benzene rings is 1. The Labute approximate surface area is 124 Å². The maximum atomic E-state index is 13.3. The molecule has 0 bridgehead atoms. The third kappa shape index (κ3) is 3.66. The van der Waals surface area contributed by atoms with E-state index in [0.29, 0.717) is 12.4 Å². The van der Waals surface area contributed by atoms with Gasteiger partial charge in [0.25, 0.3) is 0 Å². The predicted octanol–water partition coefficient (Wildman–Crippen LogP) is 2.49. The van der Waals surface area contributed by atoms with E-state index in [1.807, 2.05) is 18.0 Å². The van der Waals surface area contributed by atoms with Gasteiger partial charge < -0.3 is 10.3 Å². The average Bonchev–Trinajstić information content (AvgIpc) is 2.47. The maximum Gasteiger partial charge on any atom is 0.148 e. The highest BCUT2D eigenvalue weighted by Gasteiger charge is 2.14. The van der Waals surface area contributed by atoms with Crippen LogP contribution in [0.15, 0.2) is 30.6 Å². The van der Waals surface area contributed by atoms with Crippen molar-refractivity contribution in [1.29, 1.82) is 0 Å². The molecule has 0 aliphatic heterocycles. The van der Waals surface area contributed by atoms with Crippen molar-refractivity contribution in [2.75, 3.05) is 17.4 Å². The summed E-state index contributed by atoms with van der Waals surface area (Å²) >= 11 is 0. The first-order valence-electron chi connectivity index (χ1n) is 6.91. The van der Waals surface area contributed by atoms with E-state index >= 15 is 0 Å². The molecule has 2 aromatic rings. The number of aromatic nitrogens is 2. The highest BCUT2D eigenvalue weighted by atomic mass is 19.1. The number of nitrogens with one attached hydrogen (secondary N) is 1. The molecule has 2 rings (SSSR count). The Hall–Kier alpha value is -2.21. The number of nitrogens with zero attached hydrogens (tertiary/aromatic N) is 3. The normalized spacial score (nSPS) is 10.5. The van der Waals surface area contributed by atoms with E-state index in [2.05, 4.69) is 22.3 Å². The molecule has 1 aromatic carbocycles. The standard InChI is InChI=1S/C15H20FN5/c1-3-5-13-14(20-17)18-10-19-15(13)21(2)9-11-6-4-7-12(16)8-11/h4,6-8,10H,3,5,9,17H2,1-2H3,(H,18,19,20). The van der Waals surface area contributed by atoms with Crippen molar-refractivity contribution in [3.8, 4) is 0 Å². The lowest BCUT2D eigenvalue weighted by atomic mass is 10.1. The summed E-state index contributed by atoms with van der Waals surface area (Å²) in [6, 6.07) is 6.56.